The normalized spacial score (nSPS) is 25.9. The number of esters is 2. The smallest absolute Gasteiger partial charge is 0.315 e. The summed E-state index contributed by atoms with van der Waals surface area (Å²) >= 11 is 0. The second kappa shape index (κ2) is 7.81. The number of carbonyl (C=O) groups is 2. The molecule has 0 bridgehead atoms. The zero-order valence-electron chi connectivity index (χ0n) is 13.2. The van der Waals surface area contributed by atoms with Crippen LogP contribution >= 0.6 is 0 Å². The minimum absolute atomic E-state index is 0.129. The maximum absolute atomic E-state index is 12.5. The lowest BCUT2D eigenvalue weighted by Crippen LogP contribution is -2.33. The summed E-state index contributed by atoms with van der Waals surface area (Å²) in [6.45, 7) is 2.16. The number of hydrogen-bond acceptors (Lipinski definition) is 4. The highest BCUT2D eigenvalue weighted by Gasteiger charge is 2.44. The Kier molecular flexibility index (Phi) is 6.07. The number of unbranched alkanes of at least 4 members (excludes halogenated alkanes) is 3. The van der Waals surface area contributed by atoms with Crippen LogP contribution in [-0.4, -0.2) is 18.2 Å². The van der Waals surface area contributed by atoms with E-state index in [-0.39, 0.29) is 17.4 Å². The third-order valence-electron chi connectivity index (χ3n) is 4.82. The van der Waals surface area contributed by atoms with Gasteiger partial charge in [0.15, 0.2) is 0 Å². The molecule has 1 saturated carbocycles. The van der Waals surface area contributed by atoms with E-state index in [4.69, 9.17) is 9.47 Å². The number of hydrogen-bond donors (Lipinski definition) is 0. The highest BCUT2D eigenvalue weighted by Crippen LogP contribution is 2.44. The monoisotopic (exact) mass is 296 g/mol. The van der Waals surface area contributed by atoms with Crippen LogP contribution in [0.3, 0.4) is 0 Å². The first-order chi connectivity index (χ1) is 10.2. The van der Waals surface area contributed by atoms with Crippen molar-refractivity contribution in [1.29, 1.82) is 0 Å². The van der Waals surface area contributed by atoms with E-state index >= 15 is 0 Å². The molecule has 0 amide bonds. The summed E-state index contributed by atoms with van der Waals surface area (Å²) in [4.78, 5) is 24.3. The Balaban J connectivity index is 1.96. The van der Waals surface area contributed by atoms with Crippen molar-refractivity contribution < 1.29 is 19.1 Å². The van der Waals surface area contributed by atoms with E-state index in [1.807, 2.05) is 0 Å². The van der Waals surface area contributed by atoms with E-state index in [0.717, 1.165) is 57.8 Å². The average Bonchev–Trinajstić information content (AvgIpc) is 2.94. The molecule has 0 N–H and O–H groups in total. The second-order valence-corrected chi connectivity index (χ2v) is 6.52. The summed E-state index contributed by atoms with van der Waals surface area (Å²) in [5, 5.41) is 0. The lowest BCUT2D eigenvalue weighted by molar-refractivity contribution is -0.194. The lowest BCUT2D eigenvalue weighted by atomic mass is 9.81. The second-order valence-electron chi connectivity index (χ2n) is 6.52. The van der Waals surface area contributed by atoms with Gasteiger partial charge in [-0.05, 0) is 32.1 Å². The molecule has 1 unspecified atom stereocenters. The fourth-order valence-corrected chi connectivity index (χ4v) is 3.51. The predicted octanol–water partition coefficient (Wildman–Crippen LogP) is 4.11. The molecule has 21 heavy (non-hydrogen) atoms. The highest BCUT2D eigenvalue weighted by molar-refractivity contribution is 5.78. The molecule has 0 radical (unpaired) electrons. The van der Waals surface area contributed by atoms with Crippen LogP contribution in [0.2, 0.25) is 0 Å². The summed E-state index contributed by atoms with van der Waals surface area (Å²) in [6, 6.07) is 0. The molecule has 1 heterocycles. The molecule has 2 rings (SSSR count). The summed E-state index contributed by atoms with van der Waals surface area (Å²) in [6.07, 6.45) is 10.2. The Hall–Kier alpha value is -1.06. The Labute approximate surface area is 127 Å². The van der Waals surface area contributed by atoms with Gasteiger partial charge in [-0.25, -0.2) is 0 Å². The molecule has 0 aromatic carbocycles. The van der Waals surface area contributed by atoms with Gasteiger partial charge in [-0.15, -0.1) is 0 Å². The van der Waals surface area contributed by atoms with Crippen molar-refractivity contribution in [3.63, 3.8) is 0 Å². The number of ether oxygens (including phenoxy) is 2. The van der Waals surface area contributed by atoms with Gasteiger partial charge in [-0.3, -0.25) is 9.59 Å². The van der Waals surface area contributed by atoms with Crippen molar-refractivity contribution in [2.45, 2.75) is 90.3 Å². The van der Waals surface area contributed by atoms with Crippen molar-refractivity contribution in [2.75, 3.05) is 0 Å². The molecule has 120 valence electrons. The van der Waals surface area contributed by atoms with E-state index < -0.39 is 6.29 Å². The van der Waals surface area contributed by atoms with Gasteiger partial charge in [-0.2, -0.15) is 0 Å². The average molecular weight is 296 g/mol. The molecule has 1 atom stereocenters. The summed E-state index contributed by atoms with van der Waals surface area (Å²) < 4.78 is 10.9. The minimum Gasteiger partial charge on any atom is -0.425 e. The molecule has 4 nitrogen and oxygen atoms in total. The predicted molar refractivity (Wildman–Crippen MR) is 79.5 cm³/mol. The van der Waals surface area contributed by atoms with Crippen LogP contribution in [0.15, 0.2) is 0 Å². The topological polar surface area (TPSA) is 52.6 Å². The largest absolute Gasteiger partial charge is 0.425 e. The van der Waals surface area contributed by atoms with E-state index in [2.05, 4.69) is 6.92 Å². The zero-order chi connectivity index (χ0) is 15.1. The van der Waals surface area contributed by atoms with Crippen molar-refractivity contribution in [3.8, 4) is 0 Å². The molecule has 1 saturated heterocycles. The molecule has 2 fully saturated rings. The zero-order valence-corrected chi connectivity index (χ0v) is 13.2. The van der Waals surface area contributed by atoms with Crippen LogP contribution < -0.4 is 0 Å². The van der Waals surface area contributed by atoms with Crippen LogP contribution in [0.25, 0.3) is 0 Å². The first kappa shape index (κ1) is 16.3. The number of carbonyl (C=O) groups excluding carboxylic acids is 2. The van der Waals surface area contributed by atoms with Crippen molar-refractivity contribution in [3.05, 3.63) is 0 Å². The molecule has 2 aliphatic rings. The minimum atomic E-state index is -0.669. The van der Waals surface area contributed by atoms with Crippen molar-refractivity contribution in [1.82, 2.24) is 0 Å². The van der Waals surface area contributed by atoms with Gasteiger partial charge in [0.25, 0.3) is 0 Å². The van der Waals surface area contributed by atoms with Crippen molar-refractivity contribution >= 4 is 11.9 Å². The van der Waals surface area contributed by atoms with Crippen molar-refractivity contribution in [2.24, 2.45) is 5.41 Å². The van der Waals surface area contributed by atoms with Gasteiger partial charge >= 0.3 is 11.9 Å². The first-order valence-electron chi connectivity index (χ1n) is 8.57. The summed E-state index contributed by atoms with van der Waals surface area (Å²) in [7, 11) is 0. The molecule has 1 aliphatic carbocycles. The lowest BCUT2D eigenvalue weighted by Gasteiger charge is -2.27. The Morgan fingerprint density at radius 1 is 1.00 bits per heavy atom. The van der Waals surface area contributed by atoms with Gasteiger partial charge in [0.2, 0.25) is 6.29 Å². The Morgan fingerprint density at radius 3 is 2.43 bits per heavy atom. The Bertz CT molecular complexity index is 358. The maximum Gasteiger partial charge on any atom is 0.315 e. The van der Waals surface area contributed by atoms with Gasteiger partial charge < -0.3 is 9.47 Å². The van der Waals surface area contributed by atoms with E-state index in [1.54, 1.807) is 0 Å². The SMILES string of the molecule is CCCCCCC1OC(=O)CCCC2(CCCC2)C(=O)O1. The molecular weight excluding hydrogens is 268 g/mol. The fourth-order valence-electron chi connectivity index (χ4n) is 3.51. The molecule has 1 aliphatic heterocycles. The third kappa shape index (κ3) is 4.45. The van der Waals surface area contributed by atoms with Crippen LogP contribution in [0.5, 0.6) is 0 Å². The number of cyclic esters (lactones) is 2. The summed E-state index contributed by atoms with van der Waals surface area (Å²) in [5.74, 6) is -0.353. The van der Waals surface area contributed by atoms with Crippen LogP contribution in [-0.2, 0) is 19.1 Å². The summed E-state index contributed by atoms with van der Waals surface area (Å²) in [5.41, 5.74) is -0.338. The third-order valence-corrected chi connectivity index (χ3v) is 4.82. The van der Waals surface area contributed by atoms with Gasteiger partial charge in [0.1, 0.15) is 0 Å². The molecule has 1 spiro atoms. The quantitative estimate of drug-likeness (QED) is 0.566. The molecular formula is C17H28O4. The van der Waals surface area contributed by atoms with Crippen LogP contribution in [0, 0.1) is 5.41 Å². The molecule has 4 heteroatoms. The van der Waals surface area contributed by atoms with Gasteiger partial charge in [0, 0.05) is 12.8 Å². The van der Waals surface area contributed by atoms with Crippen LogP contribution in [0.4, 0.5) is 0 Å². The fraction of sp³-hybridized carbons (Fsp3) is 0.882. The maximum atomic E-state index is 12.5. The standard InChI is InChI=1S/C17H28O4/c1-2-3-4-5-10-15-20-14(18)9-8-13-17(16(19)21-15)11-6-7-12-17/h15H,2-13H2,1H3. The van der Waals surface area contributed by atoms with E-state index in [1.165, 1.54) is 6.42 Å². The molecule has 0 aromatic rings. The first-order valence-corrected chi connectivity index (χ1v) is 8.57. The van der Waals surface area contributed by atoms with E-state index in [0.29, 0.717) is 12.8 Å². The van der Waals surface area contributed by atoms with Crippen LogP contribution in [0.1, 0.15) is 84.0 Å². The Morgan fingerprint density at radius 2 is 1.71 bits per heavy atom. The van der Waals surface area contributed by atoms with Gasteiger partial charge in [0.05, 0.1) is 5.41 Å². The molecule has 0 aromatic heterocycles. The highest BCUT2D eigenvalue weighted by atomic mass is 16.7. The number of rotatable bonds is 5. The van der Waals surface area contributed by atoms with E-state index in [9.17, 15) is 9.59 Å². The van der Waals surface area contributed by atoms with Gasteiger partial charge in [-0.1, -0.05) is 39.0 Å².